The summed E-state index contributed by atoms with van der Waals surface area (Å²) in [6.45, 7) is 0.893. The Balaban J connectivity index is 1.23. The predicted octanol–water partition coefficient (Wildman–Crippen LogP) is 5.78. The molecule has 3 aromatic carbocycles. The number of amides is 1. The predicted molar refractivity (Wildman–Crippen MR) is 131 cm³/mol. The van der Waals surface area contributed by atoms with E-state index in [-0.39, 0.29) is 30.4 Å². The summed E-state index contributed by atoms with van der Waals surface area (Å²) in [5, 5.41) is 0. The van der Waals surface area contributed by atoms with Crippen LogP contribution >= 0.6 is 0 Å². The summed E-state index contributed by atoms with van der Waals surface area (Å²) in [6, 6.07) is 18.5. The molecule has 2 unspecified atom stereocenters. The van der Waals surface area contributed by atoms with Gasteiger partial charge in [-0.05, 0) is 51.9 Å². The second-order valence-electron chi connectivity index (χ2n) is 9.34. The molecular formula is C29H25F2NO4. The smallest absolute Gasteiger partial charge is 0.410 e. The van der Waals surface area contributed by atoms with Gasteiger partial charge in [0.1, 0.15) is 6.61 Å². The Morgan fingerprint density at radius 1 is 1.03 bits per heavy atom. The number of ether oxygens (including phenoxy) is 3. The maximum atomic E-state index is 14.1. The molecule has 0 radical (unpaired) electrons. The van der Waals surface area contributed by atoms with Crippen molar-refractivity contribution in [3.05, 3.63) is 95.1 Å². The molecule has 0 saturated carbocycles. The summed E-state index contributed by atoms with van der Waals surface area (Å²) >= 11 is 0. The van der Waals surface area contributed by atoms with Crippen molar-refractivity contribution in [3.63, 3.8) is 0 Å². The van der Waals surface area contributed by atoms with E-state index in [2.05, 4.69) is 24.3 Å². The summed E-state index contributed by atoms with van der Waals surface area (Å²) in [5.41, 5.74) is 6.02. The molecule has 3 aliphatic rings. The van der Waals surface area contributed by atoms with E-state index in [1.807, 2.05) is 30.3 Å². The van der Waals surface area contributed by atoms with Gasteiger partial charge in [-0.15, -0.1) is 0 Å². The first-order chi connectivity index (χ1) is 17.5. The highest BCUT2D eigenvalue weighted by Gasteiger charge is 2.40. The van der Waals surface area contributed by atoms with Gasteiger partial charge in [0.25, 0.3) is 0 Å². The first-order valence-corrected chi connectivity index (χ1v) is 12.0. The van der Waals surface area contributed by atoms with Crippen LogP contribution in [0.5, 0.6) is 5.75 Å². The molecule has 2 atom stereocenters. The lowest BCUT2D eigenvalue weighted by atomic mass is 9.90. The second-order valence-corrected chi connectivity index (χ2v) is 9.34. The molecule has 0 N–H and O–H groups in total. The summed E-state index contributed by atoms with van der Waals surface area (Å²) in [4.78, 5) is 15.0. The van der Waals surface area contributed by atoms with Crippen molar-refractivity contribution in [1.82, 2.24) is 4.90 Å². The molecule has 0 aromatic heterocycles. The van der Waals surface area contributed by atoms with Gasteiger partial charge in [-0.2, -0.15) is 4.39 Å². The van der Waals surface area contributed by atoms with E-state index in [9.17, 15) is 13.6 Å². The fourth-order valence-electron chi connectivity index (χ4n) is 5.66. The molecule has 7 heteroatoms. The van der Waals surface area contributed by atoms with E-state index in [0.29, 0.717) is 25.2 Å². The van der Waals surface area contributed by atoms with Crippen LogP contribution in [0.2, 0.25) is 0 Å². The lowest BCUT2D eigenvalue weighted by Crippen LogP contribution is -2.56. The molecule has 5 nitrogen and oxygen atoms in total. The first-order valence-electron chi connectivity index (χ1n) is 12.0. The van der Waals surface area contributed by atoms with Crippen molar-refractivity contribution in [1.29, 1.82) is 0 Å². The summed E-state index contributed by atoms with van der Waals surface area (Å²) in [5.74, 6) is -2.15. The maximum absolute atomic E-state index is 14.1. The summed E-state index contributed by atoms with van der Waals surface area (Å²) < 4.78 is 44.7. The van der Waals surface area contributed by atoms with E-state index in [4.69, 9.17) is 14.2 Å². The average molecular weight is 490 g/mol. The van der Waals surface area contributed by atoms with Gasteiger partial charge in [-0.25, -0.2) is 9.18 Å². The quantitative estimate of drug-likeness (QED) is 0.466. The van der Waals surface area contributed by atoms with E-state index in [1.54, 1.807) is 4.90 Å². The summed E-state index contributed by atoms with van der Waals surface area (Å²) in [7, 11) is 1.30. The van der Waals surface area contributed by atoms with Gasteiger partial charge in [0, 0.05) is 5.92 Å². The number of rotatable bonds is 4. The largest absolute Gasteiger partial charge is 0.494 e. The van der Waals surface area contributed by atoms with Gasteiger partial charge in [0.15, 0.2) is 11.6 Å². The number of hydrogen-bond donors (Lipinski definition) is 0. The Hall–Kier alpha value is -3.71. The minimum absolute atomic E-state index is 0.0250. The zero-order valence-corrected chi connectivity index (χ0v) is 19.7. The van der Waals surface area contributed by atoms with Crippen molar-refractivity contribution in [2.45, 2.75) is 24.4 Å². The number of morpholine rings is 1. The average Bonchev–Trinajstić information content (AvgIpc) is 3.21. The van der Waals surface area contributed by atoms with Crippen molar-refractivity contribution in [2.24, 2.45) is 0 Å². The zero-order valence-electron chi connectivity index (χ0n) is 19.7. The highest BCUT2D eigenvalue weighted by Crippen LogP contribution is 2.45. The Labute approximate surface area is 207 Å². The Morgan fingerprint density at radius 3 is 2.39 bits per heavy atom. The number of halogens is 2. The van der Waals surface area contributed by atoms with Crippen molar-refractivity contribution >= 4 is 11.7 Å². The lowest BCUT2D eigenvalue weighted by Gasteiger charge is -2.44. The third-order valence-electron chi connectivity index (χ3n) is 7.33. The molecule has 36 heavy (non-hydrogen) atoms. The molecule has 3 aromatic rings. The van der Waals surface area contributed by atoms with E-state index in [0.717, 1.165) is 16.7 Å². The highest BCUT2D eigenvalue weighted by molar-refractivity contribution is 5.79. The van der Waals surface area contributed by atoms with Crippen molar-refractivity contribution in [3.8, 4) is 16.9 Å². The van der Waals surface area contributed by atoms with Crippen LogP contribution in [0, 0.1) is 11.6 Å². The SMILES string of the molecule is COc1cc(C2=CC3COCC(C2)N3C(=O)OCC2c3ccccc3-c3ccccc32)cc(F)c1F. The van der Waals surface area contributed by atoms with E-state index >= 15 is 0 Å². The third-order valence-corrected chi connectivity index (χ3v) is 7.33. The molecule has 2 aliphatic heterocycles. The highest BCUT2D eigenvalue weighted by atomic mass is 19.2. The second kappa shape index (κ2) is 9.06. The fourth-order valence-corrected chi connectivity index (χ4v) is 5.66. The molecule has 1 saturated heterocycles. The molecule has 0 spiro atoms. The fraction of sp³-hybridized carbons (Fsp3) is 0.276. The van der Waals surface area contributed by atoms with Crippen LogP contribution in [0.25, 0.3) is 16.7 Å². The van der Waals surface area contributed by atoms with Gasteiger partial charge >= 0.3 is 6.09 Å². The Bertz CT molecular complexity index is 1330. The van der Waals surface area contributed by atoms with Crippen LogP contribution in [0.3, 0.4) is 0 Å². The van der Waals surface area contributed by atoms with Crippen LogP contribution in [-0.4, -0.2) is 50.0 Å². The molecular weight excluding hydrogens is 464 g/mol. The summed E-state index contributed by atoms with van der Waals surface area (Å²) in [6.07, 6.45) is 1.92. The van der Waals surface area contributed by atoms with Crippen LogP contribution in [0.1, 0.15) is 29.0 Å². The Morgan fingerprint density at radius 2 is 1.72 bits per heavy atom. The monoisotopic (exact) mass is 489 g/mol. The molecule has 2 heterocycles. The molecule has 1 amide bonds. The van der Waals surface area contributed by atoms with Gasteiger partial charge < -0.3 is 14.2 Å². The van der Waals surface area contributed by atoms with Gasteiger partial charge in [-0.3, -0.25) is 4.90 Å². The van der Waals surface area contributed by atoms with Crippen LogP contribution in [0.15, 0.2) is 66.7 Å². The first kappa shape index (κ1) is 22.7. The number of methoxy groups -OCH3 is 1. The van der Waals surface area contributed by atoms with E-state index < -0.39 is 17.7 Å². The van der Waals surface area contributed by atoms with Crippen LogP contribution in [0.4, 0.5) is 13.6 Å². The molecule has 1 fully saturated rings. The Kier molecular flexibility index (Phi) is 5.72. The van der Waals surface area contributed by atoms with E-state index in [1.165, 1.54) is 30.4 Å². The number of fused-ring (bicyclic) bond motifs is 5. The molecule has 184 valence electrons. The van der Waals surface area contributed by atoms with Gasteiger partial charge in [0.05, 0.1) is 32.4 Å². The maximum Gasteiger partial charge on any atom is 0.410 e. The molecule has 1 aliphatic carbocycles. The topological polar surface area (TPSA) is 48.0 Å². The number of carbonyl (C=O) groups excluding carboxylic acids is 1. The van der Waals surface area contributed by atoms with Crippen LogP contribution < -0.4 is 4.74 Å². The number of benzene rings is 3. The number of nitrogens with zero attached hydrogens (tertiary/aromatic N) is 1. The van der Waals surface area contributed by atoms with Gasteiger partial charge in [-0.1, -0.05) is 54.6 Å². The molecule has 6 rings (SSSR count). The standard InChI is InChI=1S/C29H25F2NO4/c1-34-27-13-18(12-26(30)28(27)31)17-10-19-14-35-15-20(11-17)32(19)29(33)36-16-25-23-8-4-2-6-21(23)22-7-3-5-9-24(22)25/h2-10,12-13,19-20,25H,11,14-16H2,1H3. The zero-order chi connectivity index (χ0) is 24.8. The minimum Gasteiger partial charge on any atom is -0.494 e. The number of carbonyl (C=O) groups is 1. The lowest BCUT2D eigenvalue weighted by molar-refractivity contribution is -0.0331. The third kappa shape index (κ3) is 3.75. The molecule has 2 bridgehead atoms. The normalized spacial score (nSPS) is 20.4. The van der Waals surface area contributed by atoms with Crippen molar-refractivity contribution < 1.29 is 27.8 Å². The van der Waals surface area contributed by atoms with Crippen LogP contribution in [-0.2, 0) is 9.47 Å². The minimum atomic E-state index is -1.01. The number of hydrogen-bond acceptors (Lipinski definition) is 4. The van der Waals surface area contributed by atoms with Gasteiger partial charge in [0.2, 0.25) is 5.82 Å². The van der Waals surface area contributed by atoms with Crippen molar-refractivity contribution in [2.75, 3.05) is 26.9 Å².